The van der Waals surface area contributed by atoms with Crippen molar-refractivity contribution in [1.82, 2.24) is 15.1 Å². The van der Waals surface area contributed by atoms with Crippen LogP contribution in [0.2, 0.25) is 0 Å². The fraction of sp³-hybridized carbons (Fsp3) is 0.444. The second kappa shape index (κ2) is 7.31. The number of aromatic nitrogens is 2. The molecule has 0 aliphatic carbocycles. The highest BCUT2D eigenvalue weighted by atomic mass is 16.5. The van der Waals surface area contributed by atoms with E-state index >= 15 is 0 Å². The Morgan fingerprint density at radius 3 is 2.91 bits per heavy atom. The lowest BCUT2D eigenvalue weighted by molar-refractivity contribution is -0.132. The second-order valence-electron chi connectivity index (χ2n) is 6.10. The van der Waals surface area contributed by atoms with Crippen LogP contribution in [0.4, 0.5) is 0 Å². The van der Waals surface area contributed by atoms with E-state index < -0.39 is 0 Å². The van der Waals surface area contributed by atoms with Gasteiger partial charge in [-0.3, -0.25) is 9.89 Å². The van der Waals surface area contributed by atoms with E-state index in [2.05, 4.69) is 10.2 Å². The van der Waals surface area contributed by atoms with Crippen molar-refractivity contribution < 1.29 is 9.53 Å². The average Bonchev–Trinajstić information content (AvgIpc) is 3.11. The highest BCUT2D eigenvalue weighted by molar-refractivity contribution is 5.76. The fourth-order valence-electron chi connectivity index (χ4n) is 3.00. The molecule has 0 spiro atoms. The predicted molar refractivity (Wildman–Crippen MR) is 88.4 cm³/mol. The zero-order valence-corrected chi connectivity index (χ0v) is 13.5. The van der Waals surface area contributed by atoms with E-state index in [1.165, 1.54) is 5.56 Å². The van der Waals surface area contributed by atoms with E-state index in [1.807, 2.05) is 42.2 Å². The molecule has 1 N–H and O–H groups in total. The van der Waals surface area contributed by atoms with Gasteiger partial charge < -0.3 is 9.64 Å². The number of carbonyl (C=O) groups is 1. The molecule has 122 valence electrons. The van der Waals surface area contributed by atoms with Crippen LogP contribution < -0.4 is 4.74 Å². The van der Waals surface area contributed by atoms with Gasteiger partial charge >= 0.3 is 0 Å². The summed E-state index contributed by atoms with van der Waals surface area (Å²) in [5.41, 5.74) is 2.32. The van der Waals surface area contributed by atoms with Gasteiger partial charge in [0.25, 0.3) is 0 Å². The lowest BCUT2D eigenvalue weighted by atomic mass is 9.95. The summed E-state index contributed by atoms with van der Waals surface area (Å²) in [7, 11) is 0. The number of H-pyrrole nitrogens is 1. The maximum Gasteiger partial charge on any atom is 0.226 e. The van der Waals surface area contributed by atoms with Crippen LogP contribution in [-0.2, 0) is 4.79 Å². The molecule has 1 aromatic heterocycles. The number of amides is 1. The largest absolute Gasteiger partial charge is 0.493 e. The summed E-state index contributed by atoms with van der Waals surface area (Å²) in [5.74, 6) is 1.35. The third-order valence-corrected chi connectivity index (χ3v) is 4.34. The molecular formula is C18H23N3O2. The number of piperidine rings is 1. The third-order valence-electron chi connectivity index (χ3n) is 4.34. The van der Waals surface area contributed by atoms with Gasteiger partial charge in [-0.2, -0.15) is 5.10 Å². The first kappa shape index (κ1) is 15.6. The third kappa shape index (κ3) is 4.12. The monoisotopic (exact) mass is 313 g/mol. The molecule has 1 atom stereocenters. The predicted octanol–water partition coefficient (Wildman–Crippen LogP) is 2.89. The summed E-state index contributed by atoms with van der Waals surface area (Å²) in [6, 6.07) is 9.90. The van der Waals surface area contributed by atoms with Gasteiger partial charge in [0.05, 0.1) is 13.0 Å². The number of ether oxygens (including phenoxy) is 1. The average molecular weight is 313 g/mol. The molecule has 1 amide bonds. The lowest BCUT2D eigenvalue weighted by Crippen LogP contribution is -2.39. The Kier molecular flexibility index (Phi) is 4.95. The minimum atomic E-state index is 0.168. The first-order valence-electron chi connectivity index (χ1n) is 8.19. The van der Waals surface area contributed by atoms with Crippen LogP contribution in [0, 0.1) is 6.92 Å². The number of nitrogens with one attached hydrogen (secondary N) is 1. The van der Waals surface area contributed by atoms with Crippen molar-refractivity contribution in [2.45, 2.75) is 32.1 Å². The Balaban J connectivity index is 1.47. The van der Waals surface area contributed by atoms with Crippen LogP contribution in [0.1, 0.15) is 36.4 Å². The van der Waals surface area contributed by atoms with Crippen LogP contribution in [0.5, 0.6) is 5.75 Å². The molecule has 0 saturated carbocycles. The van der Waals surface area contributed by atoms with Gasteiger partial charge in [-0.15, -0.1) is 0 Å². The SMILES string of the molecule is Cc1ccc(OCCC(=O)N2CCC[C@@H](c3ccn[nH]3)C2)cc1. The Morgan fingerprint density at radius 2 is 2.17 bits per heavy atom. The van der Waals surface area contributed by atoms with Gasteiger partial charge in [0, 0.05) is 30.9 Å². The highest BCUT2D eigenvalue weighted by Crippen LogP contribution is 2.25. The van der Waals surface area contributed by atoms with Crippen LogP contribution in [-0.4, -0.2) is 40.7 Å². The van der Waals surface area contributed by atoms with Crippen LogP contribution in [0.25, 0.3) is 0 Å². The van der Waals surface area contributed by atoms with Crippen LogP contribution >= 0.6 is 0 Å². The summed E-state index contributed by atoms with van der Waals surface area (Å²) in [4.78, 5) is 14.3. The summed E-state index contributed by atoms with van der Waals surface area (Å²) < 4.78 is 5.66. The zero-order valence-electron chi connectivity index (χ0n) is 13.5. The van der Waals surface area contributed by atoms with Crippen molar-refractivity contribution in [2.24, 2.45) is 0 Å². The van der Waals surface area contributed by atoms with E-state index in [9.17, 15) is 4.79 Å². The van der Waals surface area contributed by atoms with Crippen LogP contribution in [0.15, 0.2) is 36.5 Å². The molecule has 1 aliphatic rings. The molecule has 2 aromatic rings. The zero-order chi connectivity index (χ0) is 16.1. The quantitative estimate of drug-likeness (QED) is 0.923. The lowest BCUT2D eigenvalue weighted by Gasteiger charge is -2.32. The first-order valence-corrected chi connectivity index (χ1v) is 8.19. The van der Waals surface area contributed by atoms with Crippen LogP contribution in [0.3, 0.4) is 0 Å². The minimum Gasteiger partial charge on any atom is -0.493 e. The van der Waals surface area contributed by atoms with Gasteiger partial charge in [-0.05, 0) is 38.0 Å². The molecule has 5 nitrogen and oxygen atoms in total. The summed E-state index contributed by atoms with van der Waals surface area (Å²) in [5, 5.41) is 7.03. The molecule has 1 aliphatic heterocycles. The van der Waals surface area contributed by atoms with Crippen molar-refractivity contribution >= 4 is 5.91 Å². The molecule has 1 saturated heterocycles. The smallest absolute Gasteiger partial charge is 0.226 e. The molecule has 2 heterocycles. The van der Waals surface area contributed by atoms with Crippen molar-refractivity contribution in [3.05, 3.63) is 47.8 Å². The number of carbonyl (C=O) groups excluding carboxylic acids is 1. The Labute approximate surface area is 136 Å². The first-order chi connectivity index (χ1) is 11.2. The van der Waals surface area contributed by atoms with Gasteiger partial charge in [0.2, 0.25) is 5.91 Å². The van der Waals surface area contributed by atoms with E-state index in [-0.39, 0.29) is 5.91 Å². The number of rotatable bonds is 5. The molecule has 0 bridgehead atoms. The summed E-state index contributed by atoms with van der Waals surface area (Å²) >= 11 is 0. The molecular weight excluding hydrogens is 290 g/mol. The minimum absolute atomic E-state index is 0.168. The highest BCUT2D eigenvalue weighted by Gasteiger charge is 2.25. The second-order valence-corrected chi connectivity index (χ2v) is 6.10. The Bertz CT molecular complexity index is 622. The molecule has 1 fully saturated rings. The van der Waals surface area contributed by atoms with Crippen molar-refractivity contribution in [1.29, 1.82) is 0 Å². The number of benzene rings is 1. The van der Waals surface area contributed by atoms with Gasteiger partial charge in [0.1, 0.15) is 5.75 Å². The number of aryl methyl sites for hydroxylation is 1. The number of hydrogen-bond donors (Lipinski definition) is 1. The van der Waals surface area contributed by atoms with E-state index in [4.69, 9.17) is 4.74 Å². The van der Waals surface area contributed by atoms with Gasteiger partial charge in [-0.1, -0.05) is 17.7 Å². The maximum absolute atomic E-state index is 12.4. The summed E-state index contributed by atoms with van der Waals surface area (Å²) in [6.07, 6.45) is 4.33. The Morgan fingerprint density at radius 1 is 1.35 bits per heavy atom. The van der Waals surface area contributed by atoms with Crippen molar-refractivity contribution in [2.75, 3.05) is 19.7 Å². The molecule has 23 heavy (non-hydrogen) atoms. The molecule has 0 unspecified atom stereocenters. The van der Waals surface area contributed by atoms with E-state index in [0.29, 0.717) is 18.9 Å². The van der Waals surface area contributed by atoms with Crippen molar-refractivity contribution in [3.8, 4) is 5.75 Å². The van der Waals surface area contributed by atoms with Gasteiger partial charge in [-0.25, -0.2) is 0 Å². The number of aromatic amines is 1. The number of hydrogen-bond acceptors (Lipinski definition) is 3. The van der Waals surface area contributed by atoms with E-state index in [1.54, 1.807) is 6.20 Å². The van der Waals surface area contributed by atoms with Crippen molar-refractivity contribution in [3.63, 3.8) is 0 Å². The standard InChI is InChI=1S/C18H23N3O2/c1-14-4-6-16(7-5-14)23-12-9-18(22)21-11-2-3-15(13-21)17-8-10-19-20-17/h4-8,10,15H,2-3,9,11-13H2,1H3,(H,19,20)/t15-/m1/s1. The molecule has 1 aromatic carbocycles. The van der Waals surface area contributed by atoms with Gasteiger partial charge in [0.15, 0.2) is 0 Å². The summed E-state index contributed by atoms with van der Waals surface area (Å²) in [6.45, 7) is 4.08. The number of likely N-dealkylation sites (tertiary alicyclic amines) is 1. The molecule has 3 rings (SSSR count). The molecule has 5 heteroatoms. The number of nitrogens with zero attached hydrogens (tertiary/aromatic N) is 2. The topological polar surface area (TPSA) is 58.2 Å². The van der Waals surface area contributed by atoms with E-state index in [0.717, 1.165) is 37.4 Å². The maximum atomic E-state index is 12.4. The molecule has 0 radical (unpaired) electrons. The Hall–Kier alpha value is -2.30. The normalized spacial score (nSPS) is 18.0. The fourth-order valence-corrected chi connectivity index (χ4v) is 3.00.